The maximum Gasteiger partial charge on any atom is 0.325 e. The van der Waals surface area contributed by atoms with Crippen LogP contribution in [0.25, 0.3) is 21.5 Å². The highest BCUT2D eigenvalue weighted by Crippen LogP contribution is 2.28. The van der Waals surface area contributed by atoms with Crippen molar-refractivity contribution in [2.24, 2.45) is 0 Å². The SMILES string of the molecule is COc1cccc(-c2nnc(NC(=O)Nc3ccc4cc[nH]c4c3)s2)c1. The Labute approximate surface area is 153 Å². The number of H-pyrrole nitrogens is 1. The molecule has 0 fully saturated rings. The minimum atomic E-state index is -0.371. The molecule has 0 saturated heterocycles. The summed E-state index contributed by atoms with van der Waals surface area (Å²) < 4.78 is 5.21. The first kappa shape index (κ1) is 16.1. The molecule has 0 aliphatic rings. The Morgan fingerprint density at radius 1 is 1.12 bits per heavy atom. The molecule has 2 amide bonds. The second kappa shape index (κ2) is 6.85. The van der Waals surface area contributed by atoms with E-state index in [1.807, 2.05) is 54.7 Å². The summed E-state index contributed by atoms with van der Waals surface area (Å²) in [6, 6.07) is 14.8. The average Bonchev–Trinajstić information content (AvgIpc) is 3.30. The lowest BCUT2D eigenvalue weighted by Gasteiger charge is -2.05. The van der Waals surface area contributed by atoms with Crippen molar-refractivity contribution in [1.29, 1.82) is 0 Å². The zero-order valence-electron chi connectivity index (χ0n) is 13.8. The van der Waals surface area contributed by atoms with Gasteiger partial charge in [0.15, 0.2) is 0 Å². The standard InChI is InChI=1S/C18H15N5O2S/c1-25-14-4-2-3-12(9-14)16-22-23-18(26-16)21-17(24)20-13-6-5-11-7-8-19-15(11)10-13/h2-10,19H,1H3,(H2,20,21,23,24). The van der Waals surface area contributed by atoms with Crippen molar-refractivity contribution >= 4 is 39.1 Å². The van der Waals surface area contributed by atoms with E-state index in [0.29, 0.717) is 15.8 Å². The summed E-state index contributed by atoms with van der Waals surface area (Å²) >= 11 is 1.29. The number of hydrogen-bond acceptors (Lipinski definition) is 5. The van der Waals surface area contributed by atoms with Gasteiger partial charge in [0.1, 0.15) is 10.8 Å². The van der Waals surface area contributed by atoms with Gasteiger partial charge in [-0.3, -0.25) is 5.32 Å². The third-order valence-electron chi connectivity index (χ3n) is 3.78. The molecule has 4 aromatic rings. The number of benzene rings is 2. The van der Waals surface area contributed by atoms with E-state index in [1.165, 1.54) is 11.3 Å². The van der Waals surface area contributed by atoms with E-state index in [1.54, 1.807) is 7.11 Å². The fourth-order valence-corrected chi connectivity index (χ4v) is 3.27. The van der Waals surface area contributed by atoms with Gasteiger partial charge < -0.3 is 15.0 Å². The molecule has 2 heterocycles. The van der Waals surface area contributed by atoms with Crippen LogP contribution < -0.4 is 15.4 Å². The number of amides is 2. The summed E-state index contributed by atoms with van der Waals surface area (Å²) in [5.41, 5.74) is 2.53. The quantitative estimate of drug-likeness (QED) is 0.502. The molecule has 0 aliphatic heterocycles. The van der Waals surface area contributed by atoms with Gasteiger partial charge in [0.25, 0.3) is 0 Å². The number of urea groups is 1. The molecule has 7 nitrogen and oxygen atoms in total. The molecule has 0 spiro atoms. The number of carbonyl (C=O) groups is 1. The highest BCUT2D eigenvalue weighted by Gasteiger charge is 2.11. The number of aromatic nitrogens is 3. The fraction of sp³-hybridized carbons (Fsp3) is 0.0556. The maximum atomic E-state index is 12.2. The number of nitrogens with zero attached hydrogens (tertiary/aromatic N) is 2. The van der Waals surface area contributed by atoms with Crippen LogP contribution in [0.5, 0.6) is 5.75 Å². The van der Waals surface area contributed by atoms with Crippen LogP contribution in [0.4, 0.5) is 15.6 Å². The Hall–Kier alpha value is -3.39. The number of nitrogens with one attached hydrogen (secondary N) is 3. The second-order valence-corrected chi connectivity index (χ2v) is 6.48. The normalized spacial score (nSPS) is 10.7. The average molecular weight is 365 g/mol. The zero-order valence-corrected chi connectivity index (χ0v) is 14.6. The van der Waals surface area contributed by atoms with Gasteiger partial charge in [0, 0.05) is 23.0 Å². The number of hydrogen-bond donors (Lipinski definition) is 3. The van der Waals surface area contributed by atoms with Gasteiger partial charge in [0.2, 0.25) is 5.13 Å². The molecule has 130 valence electrons. The number of ether oxygens (including phenoxy) is 1. The van der Waals surface area contributed by atoms with Gasteiger partial charge in [-0.15, -0.1) is 10.2 Å². The summed E-state index contributed by atoms with van der Waals surface area (Å²) in [5.74, 6) is 0.740. The molecule has 8 heteroatoms. The van der Waals surface area contributed by atoms with Crippen LogP contribution >= 0.6 is 11.3 Å². The second-order valence-electron chi connectivity index (χ2n) is 5.50. The largest absolute Gasteiger partial charge is 0.497 e. The molecule has 2 aromatic carbocycles. The number of fused-ring (bicyclic) bond motifs is 1. The Morgan fingerprint density at radius 3 is 2.92 bits per heavy atom. The summed E-state index contributed by atoms with van der Waals surface area (Å²) in [6.45, 7) is 0. The van der Waals surface area contributed by atoms with Gasteiger partial charge in [0.05, 0.1) is 7.11 Å². The van der Waals surface area contributed by atoms with Crippen molar-refractivity contribution in [2.75, 3.05) is 17.7 Å². The summed E-state index contributed by atoms with van der Waals surface area (Å²) in [4.78, 5) is 15.3. The molecule has 0 aliphatic carbocycles. The van der Waals surface area contributed by atoms with Crippen molar-refractivity contribution in [3.8, 4) is 16.3 Å². The van der Waals surface area contributed by atoms with Crippen molar-refractivity contribution in [1.82, 2.24) is 15.2 Å². The predicted molar refractivity (Wildman–Crippen MR) is 103 cm³/mol. The molecular weight excluding hydrogens is 350 g/mol. The lowest BCUT2D eigenvalue weighted by atomic mass is 10.2. The van der Waals surface area contributed by atoms with Crippen molar-refractivity contribution < 1.29 is 9.53 Å². The van der Waals surface area contributed by atoms with Crippen molar-refractivity contribution in [3.05, 3.63) is 54.7 Å². The molecule has 0 radical (unpaired) electrons. The van der Waals surface area contributed by atoms with E-state index >= 15 is 0 Å². The first-order valence-electron chi connectivity index (χ1n) is 7.84. The maximum absolute atomic E-state index is 12.2. The molecule has 4 rings (SSSR count). The van der Waals surface area contributed by atoms with Crippen LogP contribution in [-0.2, 0) is 0 Å². The van der Waals surface area contributed by atoms with Crippen LogP contribution in [0.3, 0.4) is 0 Å². The Morgan fingerprint density at radius 2 is 2.04 bits per heavy atom. The molecule has 0 saturated carbocycles. The first-order valence-corrected chi connectivity index (χ1v) is 8.66. The molecule has 0 bridgehead atoms. The van der Waals surface area contributed by atoms with E-state index < -0.39 is 0 Å². The van der Waals surface area contributed by atoms with Gasteiger partial charge in [-0.1, -0.05) is 29.5 Å². The van der Waals surface area contributed by atoms with Crippen LogP contribution in [0.2, 0.25) is 0 Å². The van der Waals surface area contributed by atoms with E-state index in [0.717, 1.165) is 22.2 Å². The van der Waals surface area contributed by atoms with Crippen LogP contribution in [0.1, 0.15) is 0 Å². The highest BCUT2D eigenvalue weighted by atomic mass is 32.1. The molecule has 26 heavy (non-hydrogen) atoms. The smallest absolute Gasteiger partial charge is 0.325 e. The third-order valence-corrected chi connectivity index (χ3v) is 4.66. The van der Waals surface area contributed by atoms with E-state index in [4.69, 9.17) is 4.74 Å². The topological polar surface area (TPSA) is 91.9 Å². The van der Waals surface area contributed by atoms with E-state index in [9.17, 15) is 4.79 Å². The number of anilines is 2. The number of aromatic amines is 1. The zero-order chi connectivity index (χ0) is 17.9. The van der Waals surface area contributed by atoms with Gasteiger partial charge >= 0.3 is 6.03 Å². The van der Waals surface area contributed by atoms with Gasteiger partial charge in [-0.2, -0.15) is 0 Å². The van der Waals surface area contributed by atoms with Crippen LogP contribution in [0, 0.1) is 0 Å². The summed E-state index contributed by atoms with van der Waals surface area (Å²) in [6.07, 6.45) is 1.86. The van der Waals surface area contributed by atoms with E-state index in [2.05, 4.69) is 25.8 Å². The minimum absolute atomic E-state index is 0.371. The number of rotatable bonds is 4. The molecule has 0 atom stereocenters. The fourth-order valence-electron chi connectivity index (χ4n) is 2.53. The Balaban J connectivity index is 1.45. The highest BCUT2D eigenvalue weighted by molar-refractivity contribution is 7.18. The number of carbonyl (C=O) groups excluding carboxylic acids is 1. The Kier molecular flexibility index (Phi) is 4.24. The van der Waals surface area contributed by atoms with Crippen molar-refractivity contribution in [3.63, 3.8) is 0 Å². The molecule has 2 aromatic heterocycles. The molecule has 3 N–H and O–H groups in total. The Bertz CT molecular complexity index is 1070. The first-order chi connectivity index (χ1) is 12.7. The van der Waals surface area contributed by atoms with Crippen LogP contribution in [-0.4, -0.2) is 28.3 Å². The summed E-state index contributed by atoms with van der Waals surface area (Å²) in [5, 5.41) is 15.8. The lowest BCUT2D eigenvalue weighted by molar-refractivity contribution is 0.262. The van der Waals surface area contributed by atoms with Gasteiger partial charge in [-0.05, 0) is 35.7 Å². The lowest BCUT2D eigenvalue weighted by Crippen LogP contribution is -2.19. The monoisotopic (exact) mass is 365 g/mol. The minimum Gasteiger partial charge on any atom is -0.497 e. The van der Waals surface area contributed by atoms with Crippen LogP contribution in [0.15, 0.2) is 54.7 Å². The third kappa shape index (κ3) is 3.35. The van der Waals surface area contributed by atoms with E-state index in [-0.39, 0.29) is 6.03 Å². The number of methoxy groups -OCH3 is 1. The van der Waals surface area contributed by atoms with Crippen molar-refractivity contribution in [2.45, 2.75) is 0 Å². The van der Waals surface area contributed by atoms with Gasteiger partial charge in [-0.25, -0.2) is 4.79 Å². The molecule has 0 unspecified atom stereocenters. The summed E-state index contributed by atoms with van der Waals surface area (Å²) in [7, 11) is 1.61. The molecular formula is C18H15N5O2S. The predicted octanol–water partition coefficient (Wildman–Crippen LogP) is 4.34.